The molecule has 6 rings (SSSR count). The molecule has 55 heavy (non-hydrogen) atoms. The van der Waals surface area contributed by atoms with Crippen LogP contribution in [0.25, 0.3) is 0 Å². The highest BCUT2D eigenvalue weighted by atomic mass is 32.2. The quantitative estimate of drug-likeness (QED) is 0.110. The van der Waals surface area contributed by atoms with Gasteiger partial charge in [-0.2, -0.15) is 0 Å². The Morgan fingerprint density at radius 3 is 1.64 bits per heavy atom. The molecule has 0 aliphatic heterocycles. The van der Waals surface area contributed by atoms with Crippen LogP contribution in [0.5, 0.6) is 23.3 Å². The van der Waals surface area contributed by atoms with E-state index in [1.807, 2.05) is 24.5 Å². The molecule has 4 aromatic rings. The number of carbonyl (C=O) groups is 2. The molecule has 0 bridgehead atoms. The number of nitrogens with zero attached hydrogens (tertiary/aromatic N) is 2. The number of aliphatic hydroxyl groups is 2. The zero-order chi connectivity index (χ0) is 39.3. The van der Waals surface area contributed by atoms with Crippen LogP contribution in [0.3, 0.4) is 0 Å². The highest BCUT2D eigenvalue weighted by Gasteiger charge is 2.26. The Kier molecular flexibility index (Phi) is 15.5. The van der Waals surface area contributed by atoms with E-state index in [-0.39, 0.29) is 54.1 Å². The van der Waals surface area contributed by atoms with Gasteiger partial charge in [0.1, 0.15) is 34.3 Å². The van der Waals surface area contributed by atoms with Crippen LogP contribution in [-0.4, -0.2) is 74.0 Å². The fourth-order valence-electron chi connectivity index (χ4n) is 6.45. The standard InChI is InChI=1S/C20H23FN2O4S.C20H23FN2O3S/c1-28(26)17-4-2-3-16(10-17)27-20-18(9-14(21)11-22-20)19(25)23-15-7-5-13(12-24)6-8-15;1-27-17-4-2-3-16(10-17)26-20-18(9-14(21)11-22-20)19(25)23-15-7-5-13(12-24)6-8-15/h2-4,9-11,13,15,24H,5-8,12H2,1H3,(H,23,25);2-4,9-11,13,15,24H,5-8,12H2,1H3,(H,23,25). The Morgan fingerprint density at radius 2 is 1.20 bits per heavy atom. The molecule has 1 unspecified atom stereocenters. The molecule has 294 valence electrons. The SMILES string of the molecule is CS(=O)c1cccc(Oc2ncc(F)cc2C(=O)NC2CCC(CO)CC2)c1.CSc1cccc(Oc2ncc(F)cc2C(=O)NC2CCC(CO)CC2)c1. The first kappa shape index (κ1) is 41.7. The van der Waals surface area contributed by atoms with Crippen molar-refractivity contribution < 1.29 is 42.3 Å². The highest BCUT2D eigenvalue weighted by molar-refractivity contribution is 7.98. The summed E-state index contributed by atoms with van der Waals surface area (Å²) in [7, 11) is -1.18. The van der Waals surface area contributed by atoms with E-state index in [4.69, 9.17) is 9.47 Å². The molecule has 0 saturated heterocycles. The number of thioether (sulfide) groups is 1. The van der Waals surface area contributed by atoms with Crippen LogP contribution in [0.4, 0.5) is 8.78 Å². The van der Waals surface area contributed by atoms with Gasteiger partial charge in [-0.1, -0.05) is 12.1 Å². The molecule has 2 saturated carbocycles. The van der Waals surface area contributed by atoms with E-state index in [9.17, 15) is 32.8 Å². The molecule has 15 heteroatoms. The predicted molar refractivity (Wildman–Crippen MR) is 206 cm³/mol. The van der Waals surface area contributed by atoms with Gasteiger partial charge in [0, 0.05) is 52.1 Å². The van der Waals surface area contributed by atoms with Crippen molar-refractivity contribution in [2.75, 3.05) is 25.7 Å². The third kappa shape index (κ3) is 12.3. The van der Waals surface area contributed by atoms with Crippen molar-refractivity contribution in [3.63, 3.8) is 0 Å². The summed E-state index contributed by atoms with van der Waals surface area (Å²) in [5.74, 6) is -0.522. The minimum Gasteiger partial charge on any atom is -0.438 e. The second kappa shape index (κ2) is 20.5. The van der Waals surface area contributed by atoms with Gasteiger partial charge in [0.2, 0.25) is 11.8 Å². The summed E-state index contributed by atoms with van der Waals surface area (Å²) in [5, 5.41) is 24.3. The number of rotatable bonds is 12. The Balaban J connectivity index is 0.000000211. The highest BCUT2D eigenvalue weighted by Crippen LogP contribution is 2.30. The summed E-state index contributed by atoms with van der Waals surface area (Å²) >= 11 is 1.57. The summed E-state index contributed by atoms with van der Waals surface area (Å²) in [5.41, 5.74) is 0.0844. The second-order valence-electron chi connectivity index (χ2n) is 13.6. The molecule has 1 atom stereocenters. The van der Waals surface area contributed by atoms with Gasteiger partial charge in [0.25, 0.3) is 11.8 Å². The van der Waals surface area contributed by atoms with Crippen molar-refractivity contribution in [2.45, 2.75) is 73.2 Å². The Hall–Kier alpha value is -4.44. The number of benzene rings is 2. The number of aromatic nitrogens is 2. The van der Waals surface area contributed by atoms with E-state index < -0.39 is 34.2 Å². The van der Waals surface area contributed by atoms with Gasteiger partial charge < -0.3 is 30.3 Å². The summed E-state index contributed by atoms with van der Waals surface area (Å²) in [6.45, 7) is 0.343. The molecule has 0 radical (unpaired) electrons. The van der Waals surface area contributed by atoms with Gasteiger partial charge in [0.05, 0.1) is 12.4 Å². The number of ether oxygens (including phenoxy) is 2. The van der Waals surface area contributed by atoms with Crippen molar-refractivity contribution in [3.05, 3.63) is 95.8 Å². The van der Waals surface area contributed by atoms with Crippen molar-refractivity contribution in [1.82, 2.24) is 20.6 Å². The van der Waals surface area contributed by atoms with Crippen molar-refractivity contribution in [3.8, 4) is 23.3 Å². The molecular formula is C40H46F2N4O7S2. The minimum absolute atomic E-state index is 0.00676. The Bertz CT molecular complexity index is 1940. The lowest BCUT2D eigenvalue weighted by molar-refractivity contribution is 0.0901. The lowest BCUT2D eigenvalue weighted by Crippen LogP contribution is -2.38. The summed E-state index contributed by atoms with van der Waals surface area (Å²) < 4.78 is 50.5. The molecule has 2 heterocycles. The minimum atomic E-state index is -1.18. The van der Waals surface area contributed by atoms with Crippen molar-refractivity contribution in [1.29, 1.82) is 0 Å². The normalized spacial score (nSPS) is 20.0. The fourth-order valence-corrected chi connectivity index (χ4v) is 7.45. The third-order valence-electron chi connectivity index (χ3n) is 9.61. The fraction of sp³-hybridized carbons (Fsp3) is 0.400. The van der Waals surface area contributed by atoms with Gasteiger partial charge in [0.15, 0.2) is 0 Å². The topological polar surface area (TPSA) is 160 Å². The summed E-state index contributed by atoms with van der Waals surface area (Å²) in [6.07, 6.45) is 12.1. The molecule has 0 spiro atoms. The van der Waals surface area contributed by atoms with Gasteiger partial charge in [-0.25, -0.2) is 18.7 Å². The van der Waals surface area contributed by atoms with Gasteiger partial charge in [-0.15, -0.1) is 11.8 Å². The van der Waals surface area contributed by atoms with Gasteiger partial charge in [-0.3, -0.25) is 13.8 Å². The van der Waals surface area contributed by atoms with E-state index >= 15 is 0 Å². The summed E-state index contributed by atoms with van der Waals surface area (Å²) in [4.78, 5) is 34.9. The molecule has 4 N–H and O–H groups in total. The Morgan fingerprint density at radius 1 is 0.745 bits per heavy atom. The average Bonchev–Trinajstić information content (AvgIpc) is 3.20. The van der Waals surface area contributed by atoms with Gasteiger partial charge in [-0.05, 0) is 118 Å². The maximum Gasteiger partial charge on any atom is 0.257 e. The number of hydrogen-bond acceptors (Lipinski definition) is 10. The molecule has 2 aliphatic rings. The molecule has 2 amide bonds. The maximum absolute atomic E-state index is 13.7. The van der Waals surface area contributed by atoms with Crippen molar-refractivity contribution in [2.24, 2.45) is 11.8 Å². The van der Waals surface area contributed by atoms with E-state index in [2.05, 4.69) is 20.6 Å². The zero-order valence-electron chi connectivity index (χ0n) is 30.7. The lowest BCUT2D eigenvalue weighted by atomic mass is 9.86. The molecular weight excluding hydrogens is 751 g/mol. The monoisotopic (exact) mass is 796 g/mol. The van der Waals surface area contributed by atoms with Gasteiger partial charge >= 0.3 is 0 Å². The van der Waals surface area contributed by atoms with Crippen LogP contribution in [-0.2, 0) is 10.8 Å². The van der Waals surface area contributed by atoms with Crippen LogP contribution < -0.4 is 20.1 Å². The van der Waals surface area contributed by atoms with Crippen LogP contribution in [0.2, 0.25) is 0 Å². The number of hydrogen-bond donors (Lipinski definition) is 4. The van der Waals surface area contributed by atoms with Crippen LogP contribution in [0.1, 0.15) is 72.1 Å². The Labute approximate surface area is 326 Å². The lowest BCUT2D eigenvalue weighted by Gasteiger charge is -2.28. The predicted octanol–water partition coefficient (Wildman–Crippen LogP) is 7.05. The first-order valence-electron chi connectivity index (χ1n) is 18.1. The first-order valence-corrected chi connectivity index (χ1v) is 20.9. The third-order valence-corrected chi connectivity index (χ3v) is 11.3. The molecule has 2 aromatic heterocycles. The first-order chi connectivity index (χ1) is 26.5. The summed E-state index contributed by atoms with van der Waals surface area (Å²) in [6, 6.07) is 16.3. The zero-order valence-corrected chi connectivity index (χ0v) is 32.3. The number of halogens is 2. The van der Waals surface area contributed by atoms with Crippen molar-refractivity contribution >= 4 is 34.4 Å². The number of carbonyl (C=O) groups excluding carboxylic acids is 2. The van der Waals surface area contributed by atoms with Crippen LogP contribution in [0, 0.1) is 23.5 Å². The average molecular weight is 797 g/mol. The number of pyridine rings is 2. The van der Waals surface area contributed by atoms with Crippen LogP contribution >= 0.6 is 11.8 Å². The molecule has 11 nitrogen and oxygen atoms in total. The number of aliphatic hydroxyl groups excluding tert-OH is 2. The number of nitrogens with one attached hydrogen (secondary N) is 2. The molecule has 2 fully saturated rings. The number of amides is 2. The maximum atomic E-state index is 13.7. The van der Waals surface area contributed by atoms with E-state index in [0.29, 0.717) is 22.3 Å². The smallest absolute Gasteiger partial charge is 0.257 e. The largest absolute Gasteiger partial charge is 0.438 e. The molecule has 2 aliphatic carbocycles. The van der Waals surface area contributed by atoms with E-state index in [1.54, 1.807) is 48.3 Å². The second-order valence-corrected chi connectivity index (χ2v) is 15.8. The van der Waals surface area contributed by atoms with Crippen LogP contribution in [0.15, 0.2) is 82.8 Å². The molecule has 2 aromatic carbocycles. The van der Waals surface area contributed by atoms with E-state index in [0.717, 1.165) is 80.8 Å². The van der Waals surface area contributed by atoms with E-state index in [1.165, 1.54) is 0 Å².